The number of aryl methyl sites for hydroxylation is 2. The van der Waals surface area contributed by atoms with Crippen LogP contribution in [-0.2, 0) is 0 Å². The van der Waals surface area contributed by atoms with Crippen LogP contribution in [0, 0.1) is 19.7 Å². The third-order valence-corrected chi connectivity index (χ3v) is 3.54. The molecular formula is C16H12ClFN2. The molecule has 0 saturated heterocycles. The molecule has 1 heterocycles. The highest BCUT2D eigenvalue weighted by Gasteiger charge is 2.12. The average molecular weight is 287 g/mol. The fourth-order valence-corrected chi connectivity index (χ4v) is 2.50. The molecule has 3 rings (SSSR count). The summed E-state index contributed by atoms with van der Waals surface area (Å²) >= 11 is 6.15. The Balaban J connectivity index is 2.29. The zero-order valence-electron chi connectivity index (χ0n) is 11.1. The van der Waals surface area contributed by atoms with E-state index < -0.39 is 5.82 Å². The van der Waals surface area contributed by atoms with Crippen molar-refractivity contribution < 1.29 is 4.39 Å². The molecule has 100 valence electrons. The van der Waals surface area contributed by atoms with Gasteiger partial charge in [0.2, 0.25) is 0 Å². The van der Waals surface area contributed by atoms with Gasteiger partial charge in [-0.15, -0.1) is 0 Å². The molecule has 1 aromatic heterocycles. The van der Waals surface area contributed by atoms with Crippen LogP contribution < -0.4 is 0 Å². The van der Waals surface area contributed by atoms with Crippen LogP contribution in [0.3, 0.4) is 0 Å². The maximum Gasteiger partial charge on any atom is 0.161 e. The van der Waals surface area contributed by atoms with Crippen molar-refractivity contribution in [3.8, 4) is 11.4 Å². The monoisotopic (exact) mass is 286 g/mol. The number of nitrogens with zero attached hydrogens (tertiary/aromatic N) is 2. The summed E-state index contributed by atoms with van der Waals surface area (Å²) in [7, 11) is 0. The van der Waals surface area contributed by atoms with Gasteiger partial charge in [-0.1, -0.05) is 41.4 Å². The molecule has 0 unspecified atom stereocenters. The molecule has 0 aliphatic heterocycles. The molecular weight excluding hydrogens is 275 g/mol. The predicted molar refractivity (Wildman–Crippen MR) is 79.4 cm³/mol. The Bertz CT molecular complexity index is 815. The van der Waals surface area contributed by atoms with Crippen LogP contribution in [0.5, 0.6) is 0 Å². The number of hydrogen-bond donors (Lipinski definition) is 0. The number of rotatable bonds is 1. The van der Waals surface area contributed by atoms with Crippen molar-refractivity contribution in [1.82, 2.24) is 9.97 Å². The van der Waals surface area contributed by atoms with Gasteiger partial charge in [0, 0.05) is 10.9 Å². The van der Waals surface area contributed by atoms with E-state index in [1.54, 1.807) is 12.1 Å². The van der Waals surface area contributed by atoms with Crippen LogP contribution in [0.4, 0.5) is 4.39 Å². The van der Waals surface area contributed by atoms with E-state index in [2.05, 4.69) is 9.97 Å². The van der Waals surface area contributed by atoms with Crippen molar-refractivity contribution in [3.63, 3.8) is 0 Å². The van der Waals surface area contributed by atoms with Gasteiger partial charge < -0.3 is 0 Å². The Morgan fingerprint density at radius 2 is 1.85 bits per heavy atom. The first kappa shape index (κ1) is 13.0. The van der Waals surface area contributed by atoms with E-state index in [-0.39, 0.29) is 10.7 Å². The van der Waals surface area contributed by atoms with E-state index in [0.717, 1.165) is 16.7 Å². The fourth-order valence-electron chi connectivity index (χ4n) is 2.26. The molecule has 20 heavy (non-hydrogen) atoms. The summed E-state index contributed by atoms with van der Waals surface area (Å²) < 4.78 is 13.9. The lowest BCUT2D eigenvalue weighted by molar-refractivity contribution is 0.636. The zero-order valence-corrected chi connectivity index (χ0v) is 11.9. The molecule has 0 atom stereocenters. The number of hydrogen-bond acceptors (Lipinski definition) is 2. The smallest absolute Gasteiger partial charge is 0.161 e. The van der Waals surface area contributed by atoms with Crippen molar-refractivity contribution >= 4 is 22.5 Å². The minimum atomic E-state index is -0.391. The molecule has 0 aliphatic carbocycles. The van der Waals surface area contributed by atoms with Gasteiger partial charge in [0.1, 0.15) is 16.5 Å². The molecule has 0 bridgehead atoms. The van der Waals surface area contributed by atoms with E-state index in [4.69, 9.17) is 11.6 Å². The molecule has 0 fully saturated rings. The third kappa shape index (κ3) is 2.14. The van der Waals surface area contributed by atoms with Crippen LogP contribution in [0.2, 0.25) is 5.15 Å². The largest absolute Gasteiger partial charge is 0.225 e. The molecule has 2 aromatic carbocycles. The SMILES string of the molecule is Cc1ccc(-c2nc(Cl)c3cccc(F)c3n2)c(C)c1. The van der Waals surface area contributed by atoms with Crippen LogP contribution >= 0.6 is 11.6 Å². The Kier molecular flexibility index (Phi) is 3.14. The van der Waals surface area contributed by atoms with Crippen molar-refractivity contribution in [3.05, 3.63) is 58.5 Å². The molecule has 0 spiro atoms. The molecule has 0 amide bonds. The Morgan fingerprint density at radius 3 is 2.60 bits per heavy atom. The van der Waals surface area contributed by atoms with E-state index in [1.165, 1.54) is 6.07 Å². The lowest BCUT2D eigenvalue weighted by Gasteiger charge is -2.08. The molecule has 0 saturated carbocycles. The van der Waals surface area contributed by atoms with Crippen LogP contribution in [0.1, 0.15) is 11.1 Å². The molecule has 0 aliphatic rings. The molecule has 2 nitrogen and oxygen atoms in total. The van der Waals surface area contributed by atoms with E-state index in [0.29, 0.717) is 11.2 Å². The minimum absolute atomic E-state index is 0.252. The molecule has 0 radical (unpaired) electrons. The second-order valence-corrected chi connectivity index (χ2v) is 5.15. The first-order chi connectivity index (χ1) is 9.56. The maximum absolute atomic E-state index is 13.9. The van der Waals surface area contributed by atoms with E-state index in [9.17, 15) is 4.39 Å². The molecule has 4 heteroatoms. The quantitative estimate of drug-likeness (QED) is 0.606. The topological polar surface area (TPSA) is 25.8 Å². The van der Waals surface area contributed by atoms with Crippen LogP contribution in [0.15, 0.2) is 36.4 Å². The number of benzene rings is 2. The summed E-state index contributed by atoms with van der Waals surface area (Å²) in [6, 6.07) is 10.6. The van der Waals surface area contributed by atoms with Gasteiger partial charge in [-0.3, -0.25) is 0 Å². The zero-order chi connectivity index (χ0) is 14.3. The summed E-state index contributed by atoms with van der Waals surface area (Å²) in [5.41, 5.74) is 3.31. The number of halogens is 2. The fraction of sp³-hybridized carbons (Fsp3) is 0.125. The summed E-state index contributed by atoms with van der Waals surface area (Å²) in [6.07, 6.45) is 0. The van der Waals surface area contributed by atoms with Gasteiger partial charge >= 0.3 is 0 Å². The van der Waals surface area contributed by atoms with Gasteiger partial charge in [-0.05, 0) is 31.5 Å². The van der Waals surface area contributed by atoms with Gasteiger partial charge in [-0.2, -0.15) is 0 Å². The van der Waals surface area contributed by atoms with Crippen molar-refractivity contribution in [2.75, 3.05) is 0 Å². The minimum Gasteiger partial charge on any atom is -0.225 e. The van der Waals surface area contributed by atoms with Crippen molar-refractivity contribution in [2.24, 2.45) is 0 Å². The normalized spacial score (nSPS) is 11.0. The lowest BCUT2D eigenvalue weighted by Crippen LogP contribution is -1.96. The summed E-state index contributed by atoms with van der Waals surface area (Å²) in [4.78, 5) is 8.62. The van der Waals surface area contributed by atoms with Crippen LogP contribution in [0.25, 0.3) is 22.3 Å². The standard InChI is InChI=1S/C16H12ClFN2/c1-9-6-7-11(10(2)8-9)16-19-14-12(15(17)20-16)4-3-5-13(14)18/h3-8H,1-2H3. The summed E-state index contributed by atoms with van der Waals surface area (Å²) in [5, 5.41) is 0.796. The second-order valence-electron chi connectivity index (χ2n) is 4.79. The Labute approximate surface area is 121 Å². The van der Waals surface area contributed by atoms with Gasteiger partial charge in [0.05, 0.1) is 0 Å². The van der Waals surface area contributed by atoms with Crippen molar-refractivity contribution in [1.29, 1.82) is 0 Å². The first-order valence-electron chi connectivity index (χ1n) is 6.25. The summed E-state index contributed by atoms with van der Waals surface area (Å²) in [5.74, 6) is 0.0583. The van der Waals surface area contributed by atoms with Gasteiger partial charge in [0.25, 0.3) is 0 Å². The predicted octanol–water partition coefficient (Wildman–Crippen LogP) is 4.71. The first-order valence-corrected chi connectivity index (χ1v) is 6.63. The van der Waals surface area contributed by atoms with Gasteiger partial charge in [-0.25, -0.2) is 14.4 Å². The average Bonchev–Trinajstić information content (AvgIpc) is 2.40. The maximum atomic E-state index is 13.9. The second kappa shape index (κ2) is 4.84. The van der Waals surface area contributed by atoms with Gasteiger partial charge in [0.15, 0.2) is 5.82 Å². The summed E-state index contributed by atoms with van der Waals surface area (Å²) in [6.45, 7) is 4.00. The molecule has 0 N–H and O–H groups in total. The highest BCUT2D eigenvalue weighted by Crippen LogP contribution is 2.28. The Hall–Kier alpha value is -2.00. The molecule has 3 aromatic rings. The Morgan fingerprint density at radius 1 is 1.05 bits per heavy atom. The number of para-hydroxylation sites is 1. The number of fused-ring (bicyclic) bond motifs is 1. The highest BCUT2D eigenvalue weighted by atomic mass is 35.5. The third-order valence-electron chi connectivity index (χ3n) is 3.25. The highest BCUT2D eigenvalue weighted by molar-refractivity contribution is 6.34. The van der Waals surface area contributed by atoms with Crippen molar-refractivity contribution in [2.45, 2.75) is 13.8 Å². The van der Waals surface area contributed by atoms with Crippen LogP contribution in [-0.4, -0.2) is 9.97 Å². The lowest BCUT2D eigenvalue weighted by atomic mass is 10.1. The van der Waals surface area contributed by atoms with E-state index >= 15 is 0 Å². The van der Waals surface area contributed by atoms with E-state index in [1.807, 2.05) is 32.0 Å². The number of aromatic nitrogens is 2.